The Bertz CT molecular complexity index is 1120. The van der Waals surface area contributed by atoms with Crippen molar-refractivity contribution in [2.75, 3.05) is 18.4 Å². The highest BCUT2D eigenvalue weighted by molar-refractivity contribution is 7.89. The summed E-state index contributed by atoms with van der Waals surface area (Å²) in [6.45, 7) is 6.48. The normalized spacial score (nSPS) is 11.6. The van der Waals surface area contributed by atoms with Gasteiger partial charge in [-0.05, 0) is 36.8 Å². The molecule has 1 aromatic heterocycles. The molecule has 0 saturated heterocycles. The Kier molecular flexibility index (Phi) is 7.02. The lowest BCUT2D eigenvalue weighted by Gasteiger charge is -2.18. The lowest BCUT2D eigenvalue weighted by atomic mass is 10.2. The molecule has 0 fully saturated rings. The predicted octanol–water partition coefficient (Wildman–Crippen LogP) is 4.33. The first-order chi connectivity index (χ1) is 14.3. The van der Waals surface area contributed by atoms with Crippen LogP contribution >= 0.6 is 11.3 Å². The molecule has 0 unspecified atom stereocenters. The van der Waals surface area contributed by atoms with E-state index in [2.05, 4.69) is 10.3 Å². The number of amides is 1. The summed E-state index contributed by atoms with van der Waals surface area (Å²) in [5.41, 5.74) is 3.39. The monoisotopic (exact) mass is 443 g/mol. The molecule has 8 heteroatoms. The Morgan fingerprint density at radius 2 is 1.80 bits per heavy atom. The molecule has 1 heterocycles. The highest BCUT2D eigenvalue weighted by atomic mass is 32.2. The Labute approximate surface area is 181 Å². The number of hydrogen-bond donors (Lipinski definition) is 1. The predicted molar refractivity (Wildman–Crippen MR) is 121 cm³/mol. The molecule has 3 rings (SSSR count). The molecule has 6 nitrogen and oxygen atoms in total. The number of carbonyl (C=O) groups excluding carboxylic acids is 1. The lowest BCUT2D eigenvalue weighted by Crippen LogP contribution is -2.30. The zero-order valence-electron chi connectivity index (χ0n) is 17.3. The van der Waals surface area contributed by atoms with Gasteiger partial charge in [0.15, 0.2) is 0 Å². The molecule has 0 aliphatic heterocycles. The van der Waals surface area contributed by atoms with Crippen molar-refractivity contribution in [3.05, 3.63) is 64.5 Å². The largest absolute Gasteiger partial charge is 0.326 e. The van der Waals surface area contributed by atoms with Gasteiger partial charge in [-0.15, -0.1) is 11.3 Å². The maximum atomic E-state index is 12.6. The first kappa shape index (κ1) is 22.1. The number of anilines is 1. The molecule has 158 valence electrons. The molecular formula is C22H25N3O3S2. The Balaban J connectivity index is 1.69. The Morgan fingerprint density at radius 1 is 1.10 bits per heavy atom. The standard InChI is InChI=1S/C22H25N3O3S2/c1-4-25(5-2)30(27,28)19-11-9-17(10-12-19)20-15-29-22(24-20)14-21(26)23-18-8-6-7-16(3)13-18/h6-13,15H,4-5,14H2,1-3H3,(H,23,26). The fourth-order valence-electron chi connectivity index (χ4n) is 3.10. The van der Waals surface area contributed by atoms with Crippen molar-refractivity contribution in [1.82, 2.24) is 9.29 Å². The van der Waals surface area contributed by atoms with Crippen LogP contribution in [-0.2, 0) is 21.2 Å². The quantitative estimate of drug-likeness (QED) is 0.562. The first-order valence-electron chi connectivity index (χ1n) is 9.75. The van der Waals surface area contributed by atoms with Gasteiger partial charge >= 0.3 is 0 Å². The van der Waals surface area contributed by atoms with Gasteiger partial charge in [0, 0.05) is 29.7 Å². The van der Waals surface area contributed by atoms with Gasteiger partial charge in [0.25, 0.3) is 0 Å². The van der Waals surface area contributed by atoms with Gasteiger partial charge in [-0.3, -0.25) is 4.79 Å². The Hall–Kier alpha value is -2.55. The average Bonchev–Trinajstić information content (AvgIpc) is 3.17. The first-order valence-corrected chi connectivity index (χ1v) is 12.1. The fraction of sp³-hybridized carbons (Fsp3) is 0.273. The number of nitrogens with zero attached hydrogens (tertiary/aromatic N) is 2. The van der Waals surface area contributed by atoms with Gasteiger partial charge in [-0.1, -0.05) is 38.1 Å². The highest BCUT2D eigenvalue weighted by Gasteiger charge is 2.21. The summed E-state index contributed by atoms with van der Waals surface area (Å²) in [5, 5.41) is 5.46. The van der Waals surface area contributed by atoms with E-state index in [0.29, 0.717) is 18.1 Å². The van der Waals surface area contributed by atoms with E-state index in [4.69, 9.17) is 0 Å². The fourth-order valence-corrected chi connectivity index (χ4v) is 5.36. The molecule has 0 saturated carbocycles. The zero-order valence-corrected chi connectivity index (χ0v) is 18.9. The van der Waals surface area contributed by atoms with Crippen LogP contribution in [0.5, 0.6) is 0 Å². The van der Waals surface area contributed by atoms with Crippen LogP contribution in [-0.4, -0.2) is 36.7 Å². The molecule has 0 bridgehead atoms. The van der Waals surface area contributed by atoms with E-state index in [0.717, 1.165) is 22.5 Å². The van der Waals surface area contributed by atoms with Gasteiger partial charge in [0.1, 0.15) is 5.01 Å². The SMILES string of the molecule is CCN(CC)S(=O)(=O)c1ccc(-c2csc(CC(=O)Nc3cccc(C)c3)n2)cc1. The minimum atomic E-state index is -3.48. The van der Waals surface area contributed by atoms with Crippen LogP contribution < -0.4 is 5.32 Å². The molecule has 1 N–H and O–H groups in total. The molecule has 0 aliphatic rings. The third-order valence-electron chi connectivity index (χ3n) is 4.66. The van der Waals surface area contributed by atoms with Crippen molar-refractivity contribution in [2.45, 2.75) is 32.1 Å². The summed E-state index contributed by atoms with van der Waals surface area (Å²) >= 11 is 1.41. The molecule has 0 spiro atoms. The number of benzene rings is 2. The summed E-state index contributed by atoms with van der Waals surface area (Å²) in [4.78, 5) is 17.1. The summed E-state index contributed by atoms with van der Waals surface area (Å²) in [6.07, 6.45) is 0.188. The number of aryl methyl sites for hydroxylation is 1. The average molecular weight is 444 g/mol. The second kappa shape index (κ2) is 9.51. The minimum absolute atomic E-state index is 0.123. The van der Waals surface area contributed by atoms with E-state index in [1.165, 1.54) is 15.6 Å². The maximum absolute atomic E-state index is 12.6. The van der Waals surface area contributed by atoms with Gasteiger partial charge in [0.2, 0.25) is 15.9 Å². The highest BCUT2D eigenvalue weighted by Crippen LogP contribution is 2.25. The number of aromatic nitrogens is 1. The third kappa shape index (κ3) is 5.13. The van der Waals surface area contributed by atoms with Gasteiger partial charge in [-0.25, -0.2) is 13.4 Å². The number of nitrogens with one attached hydrogen (secondary N) is 1. The van der Waals surface area contributed by atoms with E-state index >= 15 is 0 Å². The van der Waals surface area contributed by atoms with Crippen LogP contribution in [0.3, 0.4) is 0 Å². The summed E-state index contributed by atoms with van der Waals surface area (Å²) in [5.74, 6) is -0.123. The van der Waals surface area contributed by atoms with Crippen LogP contribution in [0.4, 0.5) is 5.69 Å². The van der Waals surface area contributed by atoms with Crippen LogP contribution in [0, 0.1) is 6.92 Å². The molecule has 30 heavy (non-hydrogen) atoms. The molecule has 0 atom stereocenters. The van der Waals surface area contributed by atoms with E-state index in [1.807, 2.05) is 50.4 Å². The van der Waals surface area contributed by atoms with E-state index in [-0.39, 0.29) is 17.2 Å². The van der Waals surface area contributed by atoms with E-state index < -0.39 is 10.0 Å². The van der Waals surface area contributed by atoms with Crippen molar-refractivity contribution >= 4 is 33.0 Å². The van der Waals surface area contributed by atoms with Crippen LogP contribution in [0.2, 0.25) is 0 Å². The van der Waals surface area contributed by atoms with Gasteiger partial charge < -0.3 is 5.32 Å². The van der Waals surface area contributed by atoms with Crippen molar-refractivity contribution in [2.24, 2.45) is 0 Å². The molecule has 2 aromatic carbocycles. The zero-order chi connectivity index (χ0) is 21.7. The lowest BCUT2D eigenvalue weighted by molar-refractivity contribution is -0.115. The number of hydrogen-bond acceptors (Lipinski definition) is 5. The second-order valence-electron chi connectivity index (χ2n) is 6.83. The molecule has 0 aliphatic carbocycles. The van der Waals surface area contributed by atoms with E-state index in [9.17, 15) is 13.2 Å². The topological polar surface area (TPSA) is 79.4 Å². The number of sulfonamides is 1. The third-order valence-corrected chi connectivity index (χ3v) is 7.57. The second-order valence-corrected chi connectivity index (χ2v) is 9.72. The van der Waals surface area contributed by atoms with Crippen molar-refractivity contribution in [3.8, 4) is 11.3 Å². The minimum Gasteiger partial charge on any atom is -0.326 e. The summed E-state index contributed by atoms with van der Waals surface area (Å²) in [7, 11) is -3.48. The van der Waals surface area contributed by atoms with Crippen molar-refractivity contribution in [1.29, 1.82) is 0 Å². The van der Waals surface area contributed by atoms with Crippen molar-refractivity contribution < 1.29 is 13.2 Å². The number of rotatable bonds is 8. The van der Waals surface area contributed by atoms with Gasteiger partial charge in [-0.2, -0.15) is 4.31 Å². The molecule has 0 radical (unpaired) electrons. The number of carbonyl (C=O) groups is 1. The number of thiazole rings is 1. The Morgan fingerprint density at radius 3 is 2.43 bits per heavy atom. The maximum Gasteiger partial charge on any atom is 0.243 e. The molecular weight excluding hydrogens is 418 g/mol. The smallest absolute Gasteiger partial charge is 0.243 e. The van der Waals surface area contributed by atoms with Crippen molar-refractivity contribution in [3.63, 3.8) is 0 Å². The van der Waals surface area contributed by atoms with Gasteiger partial charge in [0.05, 0.1) is 17.0 Å². The van der Waals surface area contributed by atoms with Crippen LogP contribution in [0.1, 0.15) is 24.4 Å². The summed E-state index contributed by atoms with van der Waals surface area (Å²) < 4.78 is 26.6. The van der Waals surface area contributed by atoms with E-state index in [1.54, 1.807) is 24.3 Å². The molecule has 3 aromatic rings. The summed E-state index contributed by atoms with van der Waals surface area (Å²) in [6, 6.07) is 14.4. The molecule has 1 amide bonds. The van der Waals surface area contributed by atoms with Crippen LogP contribution in [0.25, 0.3) is 11.3 Å². The van der Waals surface area contributed by atoms with Crippen LogP contribution in [0.15, 0.2) is 58.8 Å².